The molecule has 1 aromatic carbocycles. The Labute approximate surface area is 121 Å². The van der Waals surface area contributed by atoms with Crippen molar-refractivity contribution < 1.29 is 0 Å². The highest BCUT2D eigenvalue weighted by molar-refractivity contribution is 6.36. The minimum Gasteiger partial charge on any atom is -0.368 e. The van der Waals surface area contributed by atoms with Crippen molar-refractivity contribution in [2.24, 2.45) is 0 Å². The zero-order chi connectivity index (χ0) is 13.4. The molecule has 0 aliphatic carbocycles. The van der Waals surface area contributed by atoms with Gasteiger partial charge in [-0.15, -0.1) is 0 Å². The van der Waals surface area contributed by atoms with Crippen LogP contribution in [0.5, 0.6) is 0 Å². The molecule has 0 saturated heterocycles. The van der Waals surface area contributed by atoms with E-state index in [1.54, 1.807) is 12.1 Å². The molecule has 2 aromatic rings. The van der Waals surface area contributed by atoms with Crippen LogP contribution in [-0.2, 0) is 13.0 Å². The minimum atomic E-state index is 0.279. The third-order valence-electron chi connectivity index (χ3n) is 3.14. The maximum absolute atomic E-state index is 6.25. The number of halogens is 2. The molecule has 3 rings (SSSR count). The number of nitrogens with one attached hydrogen (secondary N) is 1. The van der Waals surface area contributed by atoms with E-state index in [-0.39, 0.29) is 5.95 Å². The fraction of sp³-hybridized carbons (Fsp3) is 0.231. The highest BCUT2D eigenvalue weighted by Crippen LogP contribution is 2.33. The van der Waals surface area contributed by atoms with Crippen molar-refractivity contribution in [2.75, 3.05) is 12.3 Å². The largest absolute Gasteiger partial charge is 0.368 e. The van der Waals surface area contributed by atoms with E-state index < -0.39 is 0 Å². The number of nitrogens with two attached hydrogens (primary N) is 1. The van der Waals surface area contributed by atoms with Crippen molar-refractivity contribution in [1.29, 1.82) is 0 Å². The molecular weight excluding hydrogens is 283 g/mol. The lowest BCUT2D eigenvalue weighted by molar-refractivity contribution is 0.629. The van der Waals surface area contributed by atoms with Crippen LogP contribution in [0.4, 0.5) is 5.95 Å². The fourth-order valence-corrected chi connectivity index (χ4v) is 2.76. The van der Waals surface area contributed by atoms with Gasteiger partial charge in [-0.2, -0.15) is 0 Å². The number of benzene rings is 1. The van der Waals surface area contributed by atoms with Crippen molar-refractivity contribution in [3.05, 3.63) is 39.5 Å². The van der Waals surface area contributed by atoms with Crippen molar-refractivity contribution in [1.82, 2.24) is 15.3 Å². The number of aromatic nitrogens is 2. The smallest absolute Gasteiger partial charge is 0.220 e. The summed E-state index contributed by atoms with van der Waals surface area (Å²) < 4.78 is 0. The lowest BCUT2D eigenvalue weighted by Crippen LogP contribution is -2.26. The normalized spacial score (nSPS) is 14.2. The van der Waals surface area contributed by atoms with Crippen molar-refractivity contribution >= 4 is 29.2 Å². The monoisotopic (exact) mass is 294 g/mol. The number of hydrogen-bond acceptors (Lipinski definition) is 4. The Bertz CT molecular complexity index is 643. The molecule has 0 radical (unpaired) electrons. The van der Waals surface area contributed by atoms with E-state index in [1.807, 2.05) is 6.07 Å². The minimum absolute atomic E-state index is 0.279. The van der Waals surface area contributed by atoms with Gasteiger partial charge in [-0.3, -0.25) is 0 Å². The van der Waals surface area contributed by atoms with Gasteiger partial charge in [0, 0.05) is 35.7 Å². The zero-order valence-corrected chi connectivity index (χ0v) is 11.6. The Morgan fingerprint density at radius 2 is 2.05 bits per heavy atom. The summed E-state index contributed by atoms with van der Waals surface area (Å²) in [6, 6.07) is 5.37. The van der Waals surface area contributed by atoms with Gasteiger partial charge in [-0.05, 0) is 18.2 Å². The predicted octanol–water partition coefficient (Wildman–Crippen LogP) is 2.68. The van der Waals surface area contributed by atoms with Gasteiger partial charge in [0.15, 0.2) is 0 Å². The van der Waals surface area contributed by atoms with Crippen molar-refractivity contribution in [3.63, 3.8) is 0 Å². The Hall–Kier alpha value is -1.36. The molecule has 98 valence electrons. The molecule has 0 fully saturated rings. The highest BCUT2D eigenvalue weighted by atomic mass is 35.5. The van der Waals surface area contributed by atoms with E-state index >= 15 is 0 Å². The summed E-state index contributed by atoms with van der Waals surface area (Å²) >= 11 is 12.2. The van der Waals surface area contributed by atoms with Gasteiger partial charge in [0.1, 0.15) is 0 Å². The van der Waals surface area contributed by atoms with Gasteiger partial charge >= 0.3 is 0 Å². The maximum atomic E-state index is 6.25. The molecule has 0 atom stereocenters. The number of rotatable bonds is 1. The molecule has 0 saturated carbocycles. The maximum Gasteiger partial charge on any atom is 0.220 e. The first kappa shape index (κ1) is 12.7. The molecule has 0 spiro atoms. The van der Waals surface area contributed by atoms with E-state index in [0.717, 1.165) is 42.0 Å². The standard InChI is InChI=1S/C13H12Cl2N4/c14-7-1-2-8(10(15)5-7)12-9-6-17-4-3-11(9)18-13(16)19-12/h1-2,5,17H,3-4,6H2,(H2,16,18,19). The Kier molecular flexibility index (Phi) is 3.31. The van der Waals surface area contributed by atoms with Gasteiger partial charge in [-0.25, -0.2) is 9.97 Å². The van der Waals surface area contributed by atoms with Crippen LogP contribution in [0, 0.1) is 0 Å². The van der Waals surface area contributed by atoms with Crippen LogP contribution >= 0.6 is 23.2 Å². The second kappa shape index (κ2) is 4.96. The molecule has 0 unspecified atom stereocenters. The lowest BCUT2D eigenvalue weighted by Gasteiger charge is -2.19. The first-order valence-electron chi connectivity index (χ1n) is 5.96. The van der Waals surface area contributed by atoms with Gasteiger partial charge in [0.05, 0.1) is 16.4 Å². The quantitative estimate of drug-likeness (QED) is 0.849. The van der Waals surface area contributed by atoms with Crippen LogP contribution in [0.15, 0.2) is 18.2 Å². The molecule has 0 amide bonds. The zero-order valence-electron chi connectivity index (χ0n) is 10.1. The highest BCUT2D eigenvalue weighted by Gasteiger charge is 2.19. The number of nitrogen functional groups attached to an aromatic ring is 1. The van der Waals surface area contributed by atoms with E-state index in [0.29, 0.717) is 10.0 Å². The third-order valence-corrected chi connectivity index (χ3v) is 3.68. The van der Waals surface area contributed by atoms with Crippen LogP contribution in [-0.4, -0.2) is 16.5 Å². The number of anilines is 1. The molecule has 1 aliphatic rings. The predicted molar refractivity (Wildman–Crippen MR) is 77.3 cm³/mol. The fourth-order valence-electron chi connectivity index (χ4n) is 2.27. The third kappa shape index (κ3) is 2.39. The van der Waals surface area contributed by atoms with E-state index in [1.165, 1.54) is 0 Å². The number of nitrogens with zero attached hydrogens (tertiary/aromatic N) is 2. The summed E-state index contributed by atoms with van der Waals surface area (Å²) in [5.74, 6) is 0.279. The summed E-state index contributed by atoms with van der Waals surface area (Å²) in [4.78, 5) is 8.65. The van der Waals surface area contributed by atoms with Crippen LogP contribution < -0.4 is 11.1 Å². The van der Waals surface area contributed by atoms with Crippen LogP contribution in [0.2, 0.25) is 10.0 Å². The van der Waals surface area contributed by atoms with Crippen molar-refractivity contribution in [3.8, 4) is 11.3 Å². The van der Waals surface area contributed by atoms with Gasteiger partial charge in [-0.1, -0.05) is 23.2 Å². The van der Waals surface area contributed by atoms with Crippen molar-refractivity contribution in [2.45, 2.75) is 13.0 Å². The topological polar surface area (TPSA) is 63.8 Å². The first-order valence-corrected chi connectivity index (χ1v) is 6.72. The average Bonchev–Trinajstić information content (AvgIpc) is 2.38. The van der Waals surface area contributed by atoms with Gasteiger partial charge in [0.2, 0.25) is 5.95 Å². The second-order valence-electron chi connectivity index (χ2n) is 4.41. The lowest BCUT2D eigenvalue weighted by atomic mass is 10.0. The molecule has 0 bridgehead atoms. The Balaban J connectivity index is 2.21. The van der Waals surface area contributed by atoms with E-state index in [9.17, 15) is 0 Å². The van der Waals surface area contributed by atoms with Crippen LogP contribution in [0.1, 0.15) is 11.3 Å². The molecule has 3 N–H and O–H groups in total. The molecule has 6 heteroatoms. The molecule has 19 heavy (non-hydrogen) atoms. The summed E-state index contributed by atoms with van der Waals surface area (Å²) in [6.07, 6.45) is 0.847. The Morgan fingerprint density at radius 1 is 1.21 bits per heavy atom. The Morgan fingerprint density at radius 3 is 2.84 bits per heavy atom. The first-order chi connectivity index (χ1) is 9.15. The summed E-state index contributed by atoms with van der Waals surface area (Å²) in [6.45, 7) is 1.63. The SMILES string of the molecule is Nc1nc2c(c(-c3ccc(Cl)cc3Cl)n1)CNCC2. The van der Waals surface area contributed by atoms with E-state index in [2.05, 4.69) is 15.3 Å². The van der Waals surface area contributed by atoms with Gasteiger partial charge in [0.25, 0.3) is 0 Å². The van der Waals surface area contributed by atoms with Crippen LogP contribution in [0.25, 0.3) is 11.3 Å². The molecule has 1 aromatic heterocycles. The molecule has 4 nitrogen and oxygen atoms in total. The molecule has 2 heterocycles. The summed E-state index contributed by atoms with van der Waals surface area (Å²) in [5, 5.41) is 4.48. The number of hydrogen-bond donors (Lipinski definition) is 2. The van der Waals surface area contributed by atoms with Crippen LogP contribution in [0.3, 0.4) is 0 Å². The number of fused-ring (bicyclic) bond motifs is 1. The van der Waals surface area contributed by atoms with E-state index in [4.69, 9.17) is 28.9 Å². The average molecular weight is 295 g/mol. The van der Waals surface area contributed by atoms with Gasteiger partial charge < -0.3 is 11.1 Å². The second-order valence-corrected chi connectivity index (χ2v) is 5.25. The molecular formula is C13H12Cl2N4. The summed E-state index contributed by atoms with van der Waals surface area (Å²) in [7, 11) is 0. The molecule has 1 aliphatic heterocycles. The summed E-state index contributed by atoms with van der Waals surface area (Å²) in [5.41, 5.74) is 9.46.